The van der Waals surface area contributed by atoms with Crippen LogP contribution in [-0.4, -0.2) is 16.5 Å². The van der Waals surface area contributed by atoms with E-state index in [1.54, 1.807) is 11.3 Å². The monoisotopic (exact) mass is 297 g/mol. The number of hydrogen-bond acceptors (Lipinski definition) is 4. The molecule has 1 aromatic carbocycles. The molecule has 0 amide bonds. The third-order valence-corrected chi connectivity index (χ3v) is 4.70. The Balaban J connectivity index is 2.22. The van der Waals surface area contributed by atoms with Crippen molar-refractivity contribution in [1.82, 2.24) is 9.97 Å². The third-order valence-electron chi connectivity index (χ3n) is 3.52. The number of benzene rings is 1. The molecule has 0 spiro atoms. The molecule has 0 saturated carbocycles. The first-order valence-electron chi connectivity index (χ1n) is 7.33. The minimum absolute atomic E-state index is 0.807. The maximum atomic E-state index is 4.79. The fourth-order valence-corrected chi connectivity index (χ4v) is 3.36. The number of anilines is 1. The molecule has 0 bridgehead atoms. The van der Waals surface area contributed by atoms with Crippen LogP contribution in [0.3, 0.4) is 0 Å². The lowest BCUT2D eigenvalue weighted by Crippen LogP contribution is -2.02. The molecule has 2 heterocycles. The van der Waals surface area contributed by atoms with Crippen molar-refractivity contribution in [2.75, 3.05) is 11.9 Å². The Bertz CT molecular complexity index is 777. The number of nitrogens with zero attached hydrogens (tertiary/aromatic N) is 2. The molecule has 3 aromatic rings. The molecule has 4 heteroatoms. The Morgan fingerprint density at radius 3 is 2.67 bits per heavy atom. The smallest absolute Gasteiger partial charge is 0.163 e. The van der Waals surface area contributed by atoms with Gasteiger partial charge in [0, 0.05) is 17.0 Å². The first-order chi connectivity index (χ1) is 10.2. The van der Waals surface area contributed by atoms with Gasteiger partial charge in [0.2, 0.25) is 0 Å². The molecular weight excluding hydrogens is 278 g/mol. The third kappa shape index (κ3) is 2.63. The van der Waals surface area contributed by atoms with E-state index in [1.165, 1.54) is 10.4 Å². The summed E-state index contributed by atoms with van der Waals surface area (Å²) in [5.74, 6) is 1.75. The van der Waals surface area contributed by atoms with Crippen LogP contribution < -0.4 is 5.32 Å². The highest BCUT2D eigenvalue weighted by atomic mass is 32.1. The molecule has 0 aliphatic rings. The Hall–Kier alpha value is -1.94. The lowest BCUT2D eigenvalue weighted by atomic mass is 10.1. The molecule has 3 nitrogen and oxygen atoms in total. The van der Waals surface area contributed by atoms with Crippen LogP contribution in [0, 0.1) is 6.92 Å². The summed E-state index contributed by atoms with van der Waals surface area (Å²) in [6.07, 6.45) is 1.03. The second-order valence-corrected chi connectivity index (χ2v) is 6.14. The largest absolute Gasteiger partial charge is 0.370 e. The number of thiophene rings is 1. The highest BCUT2D eigenvalue weighted by molar-refractivity contribution is 7.18. The molecule has 0 aliphatic heterocycles. The molecule has 0 atom stereocenters. The lowest BCUT2D eigenvalue weighted by molar-refractivity contribution is 1.14. The van der Waals surface area contributed by atoms with Crippen LogP contribution in [0.5, 0.6) is 0 Å². The van der Waals surface area contributed by atoms with Crippen LogP contribution in [-0.2, 0) is 6.42 Å². The van der Waals surface area contributed by atoms with Gasteiger partial charge in [0.1, 0.15) is 10.6 Å². The van der Waals surface area contributed by atoms with Gasteiger partial charge in [-0.2, -0.15) is 0 Å². The van der Waals surface area contributed by atoms with Crippen LogP contribution >= 0.6 is 11.3 Å². The van der Waals surface area contributed by atoms with Gasteiger partial charge in [-0.1, -0.05) is 31.2 Å². The van der Waals surface area contributed by atoms with Gasteiger partial charge in [0.15, 0.2) is 5.82 Å². The van der Waals surface area contributed by atoms with Crippen LogP contribution in [0.25, 0.3) is 21.6 Å². The quantitative estimate of drug-likeness (QED) is 0.761. The fourth-order valence-electron chi connectivity index (χ4n) is 2.39. The normalized spacial score (nSPS) is 11.0. The van der Waals surface area contributed by atoms with Crippen LogP contribution in [0.15, 0.2) is 30.3 Å². The zero-order valence-corrected chi connectivity index (χ0v) is 13.4. The lowest BCUT2D eigenvalue weighted by Gasteiger charge is -2.08. The van der Waals surface area contributed by atoms with Crippen molar-refractivity contribution in [1.29, 1.82) is 0 Å². The number of hydrogen-bond donors (Lipinski definition) is 1. The van der Waals surface area contributed by atoms with Crippen LogP contribution in [0.2, 0.25) is 0 Å². The van der Waals surface area contributed by atoms with Gasteiger partial charge in [-0.3, -0.25) is 0 Å². The Labute approximate surface area is 129 Å². The van der Waals surface area contributed by atoms with E-state index in [4.69, 9.17) is 9.97 Å². The summed E-state index contributed by atoms with van der Waals surface area (Å²) in [5.41, 5.74) is 2.30. The standard InChI is InChI=1S/C17H19N3S/c1-4-12-10-14-15(18-5-2)19-16(20-17(14)21-12)13-9-7-6-8-11(13)3/h6-10H,4-5H2,1-3H3,(H,18,19,20). The van der Waals surface area contributed by atoms with E-state index in [0.29, 0.717) is 0 Å². The van der Waals surface area contributed by atoms with E-state index in [0.717, 1.165) is 40.4 Å². The van der Waals surface area contributed by atoms with E-state index in [2.05, 4.69) is 44.3 Å². The van der Waals surface area contributed by atoms with Crippen LogP contribution in [0.1, 0.15) is 24.3 Å². The Kier molecular flexibility index (Phi) is 3.88. The van der Waals surface area contributed by atoms with Crippen molar-refractivity contribution < 1.29 is 0 Å². The number of nitrogens with one attached hydrogen (secondary N) is 1. The Morgan fingerprint density at radius 1 is 1.14 bits per heavy atom. The molecular formula is C17H19N3S. The van der Waals surface area contributed by atoms with Crippen molar-refractivity contribution >= 4 is 27.4 Å². The highest BCUT2D eigenvalue weighted by Gasteiger charge is 2.13. The SMILES string of the molecule is CCNc1nc(-c2ccccc2C)nc2sc(CC)cc12. The van der Waals surface area contributed by atoms with Gasteiger partial charge in [-0.15, -0.1) is 11.3 Å². The summed E-state index contributed by atoms with van der Waals surface area (Å²) in [6, 6.07) is 10.5. The minimum Gasteiger partial charge on any atom is -0.370 e. The molecule has 21 heavy (non-hydrogen) atoms. The summed E-state index contributed by atoms with van der Waals surface area (Å²) in [4.78, 5) is 12.0. The molecule has 0 fully saturated rings. The van der Waals surface area contributed by atoms with E-state index >= 15 is 0 Å². The molecule has 1 N–H and O–H groups in total. The van der Waals surface area contributed by atoms with E-state index in [-0.39, 0.29) is 0 Å². The fraction of sp³-hybridized carbons (Fsp3) is 0.294. The molecule has 0 radical (unpaired) electrons. The molecule has 0 aliphatic carbocycles. The predicted octanol–water partition coefficient (Wildman–Crippen LogP) is 4.66. The maximum Gasteiger partial charge on any atom is 0.163 e. The topological polar surface area (TPSA) is 37.8 Å². The predicted molar refractivity (Wildman–Crippen MR) is 91.1 cm³/mol. The van der Waals surface area contributed by atoms with E-state index in [9.17, 15) is 0 Å². The number of aryl methyl sites for hydroxylation is 2. The average Bonchev–Trinajstić information content (AvgIpc) is 2.91. The Morgan fingerprint density at radius 2 is 1.95 bits per heavy atom. The molecule has 2 aromatic heterocycles. The molecule has 0 unspecified atom stereocenters. The second-order valence-electron chi connectivity index (χ2n) is 5.03. The van der Waals surface area contributed by atoms with Gasteiger partial charge >= 0.3 is 0 Å². The van der Waals surface area contributed by atoms with Gasteiger partial charge in [-0.05, 0) is 31.9 Å². The first kappa shape index (κ1) is 14.0. The van der Waals surface area contributed by atoms with Crippen molar-refractivity contribution in [3.63, 3.8) is 0 Å². The van der Waals surface area contributed by atoms with E-state index in [1.807, 2.05) is 12.1 Å². The summed E-state index contributed by atoms with van der Waals surface area (Å²) < 4.78 is 0. The van der Waals surface area contributed by atoms with Gasteiger partial charge in [0.25, 0.3) is 0 Å². The second kappa shape index (κ2) is 5.82. The molecule has 3 rings (SSSR count). The summed E-state index contributed by atoms with van der Waals surface area (Å²) in [7, 11) is 0. The van der Waals surface area contributed by atoms with Crippen molar-refractivity contribution in [3.05, 3.63) is 40.8 Å². The number of rotatable bonds is 4. The zero-order valence-electron chi connectivity index (χ0n) is 12.6. The molecule has 0 saturated heterocycles. The molecule has 108 valence electrons. The first-order valence-corrected chi connectivity index (χ1v) is 8.15. The summed E-state index contributed by atoms with van der Waals surface area (Å²) >= 11 is 1.76. The van der Waals surface area contributed by atoms with E-state index < -0.39 is 0 Å². The highest BCUT2D eigenvalue weighted by Crippen LogP contribution is 2.32. The summed E-state index contributed by atoms with van der Waals surface area (Å²) in [6.45, 7) is 7.22. The summed E-state index contributed by atoms with van der Waals surface area (Å²) in [5, 5.41) is 4.51. The number of aromatic nitrogens is 2. The number of fused-ring (bicyclic) bond motifs is 1. The minimum atomic E-state index is 0.807. The van der Waals surface area contributed by atoms with Gasteiger partial charge < -0.3 is 5.32 Å². The average molecular weight is 297 g/mol. The van der Waals surface area contributed by atoms with Crippen molar-refractivity contribution in [3.8, 4) is 11.4 Å². The zero-order chi connectivity index (χ0) is 14.8. The van der Waals surface area contributed by atoms with Gasteiger partial charge in [-0.25, -0.2) is 9.97 Å². The van der Waals surface area contributed by atoms with Crippen molar-refractivity contribution in [2.24, 2.45) is 0 Å². The van der Waals surface area contributed by atoms with Gasteiger partial charge in [0.05, 0.1) is 5.39 Å². The maximum absolute atomic E-state index is 4.79. The van der Waals surface area contributed by atoms with Crippen molar-refractivity contribution in [2.45, 2.75) is 27.2 Å². The van der Waals surface area contributed by atoms with Crippen LogP contribution in [0.4, 0.5) is 5.82 Å².